The fourth-order valence-corrected chi connectivity index (χ4v) is 2.56. The van der Waals surface area contributed by atoms with E-state index in [-0.39, 0.29) is 0 Å². The van der Waals surface area contributed by atoms with Crippen molar-refractivity contribution in [2.75, 3.05) is 5.75 Å². The Hall–Kier alpha value is -0.960. The van der Waals surface area contributed by atoms with Crippen LogP contribution < -0.4 is 0 Å². The van der Waals surface area contributed by atoms with Crippen molar-refractivity contribution in [2.24, 2.45) is 4.99 Å². The molecule has 0 aliphatic carbocycles. The Bertz CT molecular complexity index is 372. The number of aryl methyl sites for hydroxylation is 1. The van der Waals surface area contributed by atoms with Crippen LogP contribution in [-0.4, -0.2) is 17.1 Å². The van der Waals surface area contributed by atoms with Gasteiger partial charge < -0.3 is 4.74 Å². The van der Waals surface area contributed by atoms with E-state index < -0.39 is 0 Å². The number of benzene rings is 1. The normalized spacial score (nSPS) is 22.4. The van der Waals surface area contributed by atoms with Crippen LogP contribution in [0.25, 0.3) is 0 Å². The first-order chi connectivity index (χ1) is 7.78. The maximum absolute atomic E-state index is 5.75. The molecule has 3 heteroatoms. The Morgan fingerprint density at radius 2 is 2.12 bits per heavy atom. The molecule has 1 heterocycles. The standard InChI is InChI=1S/C13H17NOS/c1-3-4-12-9-16-13(15-12)14-11-7-5-10(2)6-8-11/h5-8,12H,3-4,9H2,1-2H3. The molecule has 1 saturated heterocycles. The molecule has 2 nitrogen and oxygen atoms in total. The summed E-state index contributed by atoms with van der Waals surface area (Å²) in [4.78, 5) is 4.49. The molecule has 0 radical (unpaired) electrons. The zero-order chi connectivity index (χ0) is 11.4. The van der Waals surface area contributed by atoms with Crippen molar-refractivity contribution in [3.05, 3.63) is 29.8 Å². The van der Waals surface area contributed by atoms with E-state index in [9.17, 15) is 0 Å². The molecule has 0 aromatic heterocycles. The molecule has 1 aliphatic heterocycles. The third-order valence-corrected chi connectivity index (χ3v) is 3.50. The Labute approximate surface area is 101 Å². The maximum atomic E-state index is 5.75. The molecule has 1 atom stereocenters. The Morgan fingerprint density at radius 1 is 1.38 bits per heavy atom. The fraction of sp³-hybridized carbons (Fsp3) is 0.462. The molecule has 0 amide bonds. The summed E-state index contributed by atoms with van der Waals surface area (Å²) in [6, 6.07) is 8.20. The average Bonchev–Trinajstić information content (AvgIpc) is 2.70. The molecule has 16 heavy (non-hydrogen) atoms. The highest BCUT2D eigenvalue weighted by Crippen LogP contribution is 2.26. The van der Waals surface area contributed by atoms with E-state index in [2.05, 4.69) is 31.0 Å². The highest BCUT2D eigenvalue weighted by Gasteiger charge is 2.21. The monoisotopic (exact) mass is 235 g/mol. The third-order valence-electron chi connectivity index (χ3n) is 2.53. The van der Waals surface area contributed by atoms with Crippen molar-refractivity contribution in [2.45, 2.75) is 32.8 Å². The van der Waals surface area contributed by atoms with Crippen LogP contribution in [-0.2, 0) is 4.74 Å². The van der Waals surface area contributed by atoms with Crippen molar-refractivity contribution >= 4 is 22.7 Å². The van der Waals surface area contributed by atoms with Gasteiger partial charge in [-0.15, -0.1) is 0 Å². The van der Waals surface area contributed by atoms with Crippen molar-refractivity contribution in [3.8, 4) is 0 Å². The minimum Gasteiger partial charge on any atom is -0.469 e. The van der Waals surface area contributed by atoms with Crippen molar-refractivity contribution in [3.63, 3.8) is 0 Å². The van der Waals surface area contributed by atoms with Crippen LogP contribution in [0.15, 0.2) is 29.3 Å². The minimum absolute atomic E-state index is 0.360. The number of hydrogen-bond donors (Lipinski definition) is 0. The second-order valence-electron chi connectivity index (χ2n) is 4.05. The molecular formula is C13H17NOS. The van der Waals surface area contributed by atoms with Gasteiger partial charge in [0.2, 0.25) is 0 Å². The van der Waals surface area contributed by atoms with Gasteiger partial charge in [-0.05, 0) is 25.5 Å². The quantitative estimate of drug-likeness (QED) is 0.792. The van der Waals surface area contributed by atoms with Gasteiger partial charge in [-0.3, -0.25) is 0 Å². The smallest absolute Gasteiger partial charge is 0.251 e. The minimum atomic E-state index is 0.360. The first-order valence-electron chi connectivity index (χ1n) is 5.72. The molecule has 0 spiro atoms. The van der Waals surface area contributed by atoms with Gasteiger partial charge in [0.1, 0.15) is 6.10 Å². The van der Waals surface area contributed by atoms with E-state index in [4.69, 9.17) is 4.74 Å². The van der Waals surface area contributed by atoms with Gasteiger partial charge in [0.25, 0.3) is 5.23 Å². The molecule has 1 aromatic rings. The summed E-state index contributed by atoms with van der Waals surface area (Å²) in [5, 5.41) is 0.822. The van der Waals surface area contributed by atoms with Gasteiger partial charge in [-0.1, -0.05) is 42.8 Å². The molecule has 1 fully saturated rings. The van der Waals surface area contributed by atoms with Crippen LogP contribution in [0, 0.1) is 6.92 Å². The largest absolute Gasteiger partial charge is 0.469 e. The summed E-state index contributed by atoms with van der Waals surface area (Å²) in [5.74, 6) is 1.04. The predicted molar refractivity (Wildman–Crippen MR) is 70.5 cm³/mol. The van der Waals surface area contributed by atoms with E-state index in [0.29, 0.717) is 6.10 Å². The van der Waals surface area contributed by atoms with Crippen LogP contribution in [0.1, 0.15) is 25.3 Å². The van der Waals surface area contributed by atoms with Gasteiger partial charge in [-0.25, -0.2) is 4.99 Å². The zero-order valence-corrected chi connectivity index (χ0v) is 10.6. The summed E-state index contributed by atoms with van der Waals surface area (Å²) in [5.41, 5.74) is 2.23. The molecule has 1 aromatic carbocycles. The predicted octanol–water partition coefficient (Wildman–Crippen LogP) is 3.91. The molecule has 1 aliphatic rings. The Kier molecular flexibility index (Phi) is 3.88. The lowest BCUT2D eigenvalue weighted by Crippen LogP contribution is -2.08. The van der Waals surface area contributed by atoms with Gasteiger partial charge in [0, 0.05) is 5.75 Å². The van der Waals surface area contributed by atoms with Crippen LogP contribution in [0.3, 0.4) is 0 Å². The highest BCUT2D eigenvalue weighted by molar-refractivity contribution is 8.13. The molecule has 2 rings (SSSR count). The first-order valence-corrected chi connectivity index (χ1v) is 6.71. The number of thioether (sulfide) groups is 1. The van der Waals surface area contributed by atoms with Crippen molar-refractivity contribution in [1.29, 1.82) is 0 Å². The number of ether oxygens (including phenoxy) is 1. The maximum Gasteiger partial charge on any atom is 0.251 e. The van der Waals surface area contributed by atoms with E-state index in [1.165, 1.54) is 12.0 Å². The number of nitrogens with zero attached hydrogens (tertiary/aromatic N) is 1. The van der Waals surface area contributed by atoms with Crippen LogP contribution in [0.4, 0.5) is 5.69 Å². The van der Waals surface area contributed by atoms with Crippen LogP contribution in [0.2, 0.25) is 0 Å². The molecule has 0 saturated carbocycles. The summed E-state index contributed by atoms with van der Waals surface area (Å²) in [6.07, 6.45) is 2.65. The summed E-state index contributed by atoms with van der Waals surface area (Å²) >= 11 is 1.72. The summed E-state index contributed by atoms with van der Waals surface area (Å²) in [7, 11) is 0. The zero-order valence-electron chi connectivity index (χ0n) is 9.77. The van der Waals surface area contributed by atoms with Gasteiger partial charge >= 0.3 is 0 Å². The molecule has 0 N–H and O–H groups in total. The fourth-order valence-electron chi connectivity index (χ4n) is 1.62. The Balaban J connectivity index is 2.00. The van der Waals surface area contributed by atoms with Gasteiger partial charge in [0.05, 0.1) is 5.69 Å². The SMILES string of the molecule is CCCC1CSC(=Nc2ccc(C)cc2)O1. The topological polar surface area (TPSA) is 21.6 Å². The van der Waals surface area contributed by atoms with Gasteiger partial charge in [0.15, 0.2) is 0 Å². The van der Waals surface area contributed by atoms with E-state index in [0.717, 1.165) is 23.1 Å². The second kappa shape index (κ2) is 5.39. The van der Waals surface area contributed by atoms with E-state index >= 15 is 0 Å². The summed E-state index contributed by atoms with van der Waals surface area (Å²) in [6.45, 7) is 4.26. The average molecular weight is 235 g/mol. The highest BCUT2D eigenvalue weighted by atomic mass is 32.2. The second-order valence-corrected chi connectivity index (χ2v) is 5.02. The Morgan fingerprint density at radius 3 is 2.81 bits per heavy atom. The molecule has 1 unspecified atom stereocenters. The number of rotatable bonds is 3. The molecule has 86 valence electrons. The molecule has 0 bridgehead atoms. The lowest BCUT2D eigenvalue weighted by Gasteiger charge is -2.06. The van der Waals surface area contributed by atoms with Crippen LogP contribution in [0.5, 0.6) is 0 Å². The number of hydrogen-bond acceptors (Lipinski definition) is 3. The van der Waals surface area contributed by atoms with E-state index in [1.54, 1.807) is 11.8 Å². The molecular weight excluding hydrogens is 218 g/mol. The number of aliphatic imine (C=N–C) groups is 1. The first kappa shape index (κ1) is 11.5. The van der Waals surface area contributed by atoms with Crippen molar-refractivity contribution in [1.82, 2.24) is 0 Å². The third kappa shape index (κ3) is 3.01. The lowest BCUT2D eigenvalue weighted by atomic mass is 10.2. The van der Waals surface area contributed by atoms with E-state index in [1.807, 2.05) is 12.1 Å². The summed E-state index contributed by atoms with van der Waals surface area (Å²) < 4.78 is 5.75. The lowest BCUT2D eigenvalue weighted by molar-refractivity contribution is 0.218. The van der Waals surface area contributed by atoms with Crippen LogP contribution >= 0.6 is 11.8 Å². The van der Waals surface area contributed by atoms with Gasteiger partial charge in [-0.2, -0.15) is 0 Å². The van der Waals surface area contributed by atoms with Crippen molar-refractivity contribution < 1.29 is 4.74 Å².